The number of aliphatic carboxylic acids is 1. The van der Waals surface area contributed by atoms with Crippen molar-refractivity contribution in [2.45, 2.75) is 18.5 Å². The van der Waals surface area contributed by atoms with E-state index in [-0.39, 0.29) is 19.0 Å². The molecule has 21 heavy (non-hydrogen) atoms. The van der Waals surface area contributed by atoms with Crippen LogP contribution in [-0.4, -0.2) is 95.9 Å². The van der Waals surface area contributed by atoms with E-state index in [0.29, 0.717) is 26.2 Å². The molecule has 0 aromatic rings. The Labute approximate surface area is 122 Å². The average Bonchev–Trinajstić information content (AvgIpc) is 2.83. The molecule has 0 bridgehead atoms. The van der Waals surface area contributed by atoms with E-state index < -0.39 is 28.1 Å². The summed E-state index contributed by atoms with van der Waals surface area (Å²) >= 11 is 0. The first-order chi connectivity index (χ1) is 9.70. The van der Waals surface area contributed by atoms with Crippen molar-refractivity contribution in [1.82, 2.24) is 14.1 Å². The molecule has 0 spiro atoms. The van der Waals surface area contributed by atoms with Crippen LogP contribution in [0.15, 0.2) is 0 Å². The van der Waals surface area contributed by atoms with Gasteiger partial charge < -0.3 is 10.2 Å². The molecule has 0 radical (unpaired) electrons. The zero-order valence-electron chi connectivity index (χ0n) is 11.7. The van der Waals surface area contributed by atoms with Gasteiger partial charge in [-0.25, -0.2) is 18.0 Å². The molecule has 1 amide bonds. The van der Waals surface area contributed by atoms with Crippen molar-refractivity contribution in [2.24, 2.45) is 0 Å². The maximum Gasteiger partial charge on any atom is 0.408 e. The Bertz CT molecular complexity index is 506. The van der Waals surface area contributed by atoms with Gasteiger partial charge in [-0.1, -0.05) is 0 Å². The molecule has 2 saturated heterocycles. The summed E-state index contributed by atoms with van der Waals surface area (Å²) in [7, 11) is -3.21. The largest absolute Gasteiger partial charge is 0.480 e. The fourth-order valence-corrected chi connectivity index (χ4v) is 3.75. The number of sulfonamides is 1. The second kappa shape index (κ2) is 5.78. The van der Waals surface area contributed by atoms with Gasteiger partial charge in [-0.2, -0.15) is 4.31 Å². The van der Waals surface area contributed by atoms with Crippen LogP contribution in [0.5, 0.6) is 0 Å². The van der Waals surface area contributed by atoms with E-state index in [1.54, 1.807) is 0 Å². The molecule has 0 aromatic carbocycles. The molecule has 2 atom stereocenters. The van der Waals surface area contributed by atoms with E-state index in [0.717, 1.165) is 11.2 Å². The lowest BCUT2D eigenvalue weighted by Gasteiger charge is -2.36. The SMILES string of the molecule is CS(=O)(=O)N1CCN([C@H]2C[C@@H](C(=O)O)N(C(=O)O)C2)CC1. The van der Waals surface area contributed by atoms with Gasteiger partial charge in [0.2, 0.25) is 10.0 Å². The van der Waals surface area contributed by atoms with Gasteiger partial charge in [0.05, 0.1) is 6.26 Å². The number of carboxylic acids is 1. The molecular formula is C11H19N3O6S. The molecule has 10 heteroatoms. The standard InChI is InChI=1S/C11H19N3O6S/c1-21(19,20)13-4-2-12(3-5-13)8-6-9(10(15)16)14(7-8)11(17)18/h8-9H,2-7H2,1H3,(H,15,16)(H,17,18)/t8-,9-/m0/s1. The molecule has 9 nitrogen and oxygen atoms in total. The quantitative estimate of drug-likeness (QED) is 0.668. The maximum absolute atomic E-state index is 11.4. The van der Waals surface area contributed by atoms with Gasteiger partial charge >= 0.3 is 12.1 Å². The summed E-state index contributed by atoms with van der Waals surface area (Å²) < 4.78 is 24.3. The first-order valence-corrected chi connectivity index (χ1v) is 8.46. The minimum atomic E-state index is -3.21. The molecule has 2 heterocycles. The van der Waals surface area contributed by atoms with Gasteiger partial charge in [0.15, 0.2) is 0 Å². The lowest BCUT2D eigenvalue weighted by Crippen LogP contribution is -2.52. The van der Waals surface area contributed by atoms with Crippen LogP contribution >= 0.6 is 0 Å². The van der Waals surface area contributed by atoms with E-state index in [2.05, 4.69) is 0 Å². The summed E-state index contributed by atoms with van der Waals surface area (Å²) in [6.45, 7) is 1.81. The fraction of sp³-hybridized carbons (Fsp3) is 0.818. The van der Waals surface area contributed by atoms with Crippen molar-refractivity contribution in [2.75, 3.05) is 39.0 Å². The summed E-state index contributed by atoms with van der Waals surface area (Å²) in [6, 6.07) is -1.20. The predicted molar refractivity (Wildman–Crippen MR) is 72.5 cm³/mol. The van der Waals surface area contributed by atoms with Crippen molar-refractivity contribution < 1.29 is 28.2 Å². The average molecular weight is 321 g/mol. The Morgan fingerprint density at radius 1 is 1.10 bits per heavy atom. The van der Waals surface area contributed by atoms with E-state index >= 15 is 0 Å². The number of carbonyl (C=O) groups is 2. The van der Waals surface area contributed by atoms with Crippen molar-refractivity contribution in [3.63, 3.8) is 0 Å². The second-order valence-electron chi connectivity index (χ2n) is 5.38. The number of hydrogen-bond acceptors (Lipinski definition) is 5. The van der Waals surface area contributed by atoms with Crippen molar-refractivity contribution in [3.8, 4) is 0 Å². The number of amides is 1. The normalized spacial score (nSPS) is 28.7. The third kappa shape index (κ3) is 3.44. The summed E-state index contributed by atoms with van der Waals surface area (Å²) in [5.41, 5.74) is 0. The Kier molecular flexibility index (Phi) is 4.40. The van der Waals surface area contributed by atoms with E-state index in [1.165, 1.54) is 4.31 Å². The number of carboxylic acid groups (broad SMARTS) is 2. The number of rotatable bonds is 3. The minimum absolute atomic E-state index is 0.144. The predicted octanol–water partition coefficient (Wildman–Crippen LogP) is -1.23. The lowest BCUT2D eigenvalue weighted by molar-refractivity contribution is -0.141. The molecule has 0 unspecified atom stereocenters. The lowest BCUT2D eigenvalue weighted by atomic mass is 10.1. The van der Waals surface area contributed by atoms with E-state index in [1.807, 2.05) is 4.90 Å². The highest BCUT2D eigenvalue weighted by molar-refractivity contribution is 7.88. The van der Waals surface area contributed by atoms with E-state index in [9.17, 15) is 18.0 Å². The Balaban J connectivity index is 1.99. The molecule has 2 N–H and O–H groups in total. The Morgan fingerprint density at radius 3 is 2.05 bits per heavy atom. The molecule has 0 aromatic heterocycles. The van der Waals surface area contributed by atoms with Gasteiger partial charge in [-0.3, -0.25) is 9.80 Å². The van der Waals surface area contributed by atoms with Crippen LogP contribution in [0.4, 0.5) is 4.79 Å². The van der Waals surface area contributed by atoms with Gasteiger partial charge in [-0.05, 0) is 6.42 Å². The molecule has 2 aliphatic rings. The number of piperazine rings is 1. The van der Waals surface area contributed by atoms with Crippen LogP contribution in [0.3, 0.4) is 0 Å². The molecule has 0 saturated carbocycles. The second-order valence-corrected chi connectivity index (χ2v) is 7.36. The van der Waals surface area contributed by atoms with Crippen molar-refractivity contribution in [3.05, 3.63) is 0 Å². The first kappa shape index (κ1) is 16.0. The summed E-state index contributed by atoms with van der Waals surface area (Å²) in [6.07, 6.45) is 0.158. The molecule has 120 valence electrons. The zero-order valence-corrected chi connectivity index (χ0v) is 12.5. The molecule has 2 aliphatic heterocycles. The zero-order chi connectivity index (χ0) is 15.8. The van der Waals surface area contributed by atoms with Crippen LogP contribution in [0.2, 0.25) is 0 Å². The fourth-order valence-electron chi connectivity index (χ4n) is 2.92. The van der Waals surface area contributed by atoms with Crippen LogP contribution in [-0.2, 0) is 14.8 Å². The van der Waals surface area contributed by atoms with Gasteiger partial charge in [0.25, 0.3) is 0 Å². The number of hydrogen-bond donors (Lipinski definition) is 2. The Hall–Kier alpha value is -1.39. The minimum Gasteiger partial charge on any atom is -0.480 e. The van der Waals surface area contributed by atoms with E-state index in [4.69, 9.17) is 10.2 Å². The van der Waals surface area contributed by atoms with Crippen LogP contribution in [0.25, 0.3) is 0 Å². The molecule has 2 rings (SSSR count). The highest BCUT2D eigenvalue weighted by atomic mass is 32.2. The van der Waals surface area contributed by atoms with Crippen molar-refractivity contribution in [1.29, 1.82) is 0 Å². The number of nitrogens with zero attached hydrogens (tertiary/aromatic N) is 3. The van der Waals surface area contributed by atoms with Gasteiger partial charge in [0, 0.05) is 38.8 Å². The highest BCUT2D eigenvalue weighted by Gasteiger charge is 2.42. The highest BCUT2D eigenvalue weighted by Crippen LogP contribution is 2.24. The van der Waals surface area contributed by atoms with Crippen LogP contribution in [0.1, 0.15) is 6.42 Å². The monoisotopic (exact) mass is 321 g/mol. The first-order valence-electron chi connectivity index (χ1n) is 6.61. The molecular weight excluding hydrogens is 302 g/mol. The smallest absolute Gasteiger partial charge is 0.408 e. The summed E-state index contributed by atoms with van der Waals surface area (Å²) in [5, 5.41) is 18.1. The molecule has 2 fully saturated rings. The van der Waals surface area contributed by atoms with Crippen molar-refractivity contribution >= 4 is 22.1 Å². The Morgan fingerprint density at radius 2 is 1.67 bits per heavy atom. The summed E-state index contributed by atoms with van der Waals surface area (Å²) in [4.78, 5) is 25.1. The van der Waals surface area contributed by atoms with Gasteiger partial charge in [-0.15, -0.1) is 0 Å². The van der Waals surface area contributed by atoms with Crippen LogP contribution in [0, 0.1) is 0 Å². The summed E-state index contributed by atoms with van der Waals surface area (Å²) in [5.74, 6) is -1.14. The van der Waals surface area contributed by atoms with Crippen LogP contribution < -0.4 is 0 Å². The topological polar surface area (TPSA) is 118 Å². The number of likely N-dealkylation sites (tertiary alicyclic amines) is 1. The van der Waals surface area contributed by atoms with Gasteiger partial charge in [0.1, 0.15) is 6.04 Å². The third-order valence-corrected chi connectivity index (χ3v) is 5.37. The maximum atomic E-state index is 11.4. The third-order valence-electron chi connectivity index (χ3n) is 4.07. The molecule has 0 aliphatic carbocycles.